The monoisotopic (exact) mass is 297 g/mol. The first-order valence-corrected chi connectivity index (χ1v) is 3.75. The van der Waals surface area contributed by atoms with Crippen LogP contribution in [-0.4, -0.2) is 57.3 Å². The molecule has 7 nitrogen and oxygen atoms in total. The van der Waals surface area contributed by atoms with E-state index in [4.69, 9.17) is 15.3 Å². The van der Waals surface area contributed by atoms with Crippen LogP contribution in [0.1, 0.15) is 6.92 Å². The van der Waals surface area contributed by atoms with Gasteiger partial charge in [0.1, 0.15) is 6.04 Å². The van der Waals surface area contributed by atoms with Crippen LogP contribution in [0.4, 0.5) is 0 Å². The molecular formula is C7H11NNa4O6+4. The summed E-state index contributed by atoms with van der Waals surface area (Å²) in [5.74, 6) is -3.79. The molecule has 0 aliphatic carbocycles. The second kappa shape index (κ2) is 17.4. The minimum absolute atomic E-state index is 0. The van der Waals surface area contributed by atoms with Crippen LogP contribution in [0.15, 0.2) is 0 Å². The zero-order valence-corrected chi connectivity index (χ0v) is 19.5. The molecule has 0 aliphatic heterocycles. The molecule has 1 atom stereocenters. The van der Waals surface area contributed by atoms with E-state index in [2.05, 4.69) is 0 Å². The smallest absolute Gasteiger partial charge is 0.480 e. The number of carboxylic acids is 3. The molecule has 0 rings (SSSR count). The molecule has 3 N–H and O–H groups in total. The molecule has 0 aliphatic rings. The molecule has 0 aromatic carbocycles. The van der Waals surface area contributed by atoms with Crippen LogP contribution < -0.4 is 118 Å². The third-order valence-corrected chi connectivity index (χ3v) is 1.58. The molecule has 0 aromatic rings. The molecule has 80 valence electrons. The van der Waals surface area contributed by atoms with Crippen LogP contribution in [-0.2, 0) is 14.4 Å². The van der Waals surface area contributed by atoms with Gasteiger partial charge >= 0.3 is 136 Å². The topological polar surface area (TPSA) is 115 Å². The van der Waals surface area contributed by atoms with E-state index in [0.717, 1.165) is 4.90 Å². The minimum atomic E-state index is -1.26. The van der Waals surface area contributed by atoms with Crippen LogP contribution in [0, 0.1) is 0 Å². The Hall–Kier alpha value is 2.37. The Bertz CT molecular complexity index is 248. The van der Waals surface area contributed by atoms with Crippen LogP contribution in [0.5, 0.6) is 0 Å². The van der Waals surface area contributed by atoms with Crippen molar-refractivity contribution in [3.63, 3.8) is 0 Å². The van der Waals surface area contributed by atoms with Gasteiger partial charge in [0, 0.05) is 0 Å². The second-order valence-electron chi connectivity index (χ2n) is 2.71. The van der Waals surface area contributed by atoms with Crippen molar-refractivity contribution >= 4 is 17.9 Å². The standard InChI is InChI=1S/C7H11NO6.4Na/c1-4(7(13)14)8(2-5(9)10)3-6(11)12;;;;/h4H,2-3H2,1H3,(H,9,10)(H,11,12)(H,13,14);;;;/q;4*+1/t4-;;;;/m0..../s1. The van der Waals surface area contributed by atoms with Gasteiger partial charge in [-0.05, 0) is 6.92 Å². The molecule has 0 fully saturated rings. The maximum atomic E-state index is 10.5. The molecule has 0 spiro atoms. The zero-order chi connectivity index (χ0) is 11.3. The van der Waals surface area contributed by atoms with E-state index < -0.39 is 37.0 Å². The van der Waals surface area contributed by atoms with Crippen molar-refractivity contribution in [1.82, 2.24) is 4.90 Å². The Morgan fingerprint density at radius 2 is 1.17 bits per heavy atom. The fourth-order valence-electron chi connectivity index (χ4n) is 0.833. The molecule has 0 unspecified atom stereocenters. The van der Waals surface area contributed by atoms with E-state index in [1.165, 1.54) is 6.92 Å². The summed E-state index contributed by atoms with van der Waals surface area (Å²) >= 11 is 0. The summed E-state index contributed by atoms with van der Waals surface area (Å²) in [4.78, 5) is 31.9. The molecule has 18 heavy (non-hydrogen) atoms. The Morgan fingerprint density at radius 1 is 0.889 bits per heavy atom. The van der Waals surface area contributed by atoms with Crippen molar-refractivity contribution in [2.45, 2.75) is 13.0 Å². The summed E-state index contributed by atoms with van der Waals surface area (Å²) in [7, 11) is 0. The third-order valence-electron chi connectivity index (χ3n) is 1.58. The Morgan fingerprint density at radius 3 is 1.33 bits per heavy atom. The number of aliphatic carboxylic acids is 3. The summed E-state index contributed by atoms with van der Waals surface area (Å²) in [6.45, 7) is 0.00769. The largest absolute Gasteiger partial charge is 1.00 e. The molecule has 0 bridgehead atoms. The predicted octanol–water partition coefficient (Wildman–Crippen LogP) is -13.1. The fraction of sp³-hybridized carbons (Fsp3) is 0.571. The average molecular weight is 297 g/mol. The minimum Gasteiger partial charge on any atom is -0.480 e. The normalized spacial score (nSPS) is 9.67. The Kier molecular flexibility index (Phi) is 31.3. The summed E-state index contributed by atoms with van der Waals surface area (Å²) < 4.78 is 0. The fourth-order valence-corrected chi connectivity index (χ4v) is 0.833. The van der Waals surface area contributed by atoms with Crippen molar-refractivity contribution in [3.05, 3.63) is 0 Å². The zero-order valence-electron chi connectivity index (χ0n) is 11.5. The van der Waals surface area contributed by atoms with Gasteiger partial charge in [-0.25, -0.2) is 0 Å². The van der Waals surface area contributed by atoms with E-state index in [9.17, 15) is 14.4 Å². The molecule has 0 aromatic heterocycles. The quantitative estimate of drug-likeness (QED) is 0.417. The second-order valence-corrected chi connectivity index (χ2v) is 2.71. The van der Waals surface area contributed by atoms with Gasteiger partial charge in [-0.2, -0.15) is 0 Å². The third kappa shape index (κ3) is 16.4. The number of nitrogens with zero attached hydrogens (tertiary/aromatic N) is 1. The van der Waals surface area contributed by atoms with E-state index in [1.54, 1.807) is 0 Å². The van der Waals surface area contributed by atoms with Gasteiger partial charge in [0.05, 0.1) is 13.1 Å². The average Bonchev–Trinajstić information content (AvgIpc) is 1.99. The molecule has 11 heteroatoms. The Labute approximate surface area is 193 Å². The molecule has 0 saturated heterocycles. The van der Waals surface area contributed by atoms with Crippen molar-refractivity contribution < 1.29 is 148 Å². The molecule has 0 amide bonds. The van der Waals surface area contributed by atoms with Crippen LogP contribution in [0.25, 0.3) is 0 Å². The number of rotatable bonds is 6. The van der Waals surface area contributed by atoms with Crippen molar-refractivity contribution in [3.8, 4) is 0 Å². The first kappa shape index (κ1) is 32.4. The summed E-state index contributed by atoms with van der Waals surface area (Å²) in [6, 6.07) is -1.14. The van der Waals surface area contributed by atoms with Crippen molar-refractivity contribution in [2.24, 2.45) is 0 Å². The van der Waals surface area contributed by atoms with Gasteiger partial charge in [-0.3, -0.25) is 19.3 Å². The first-order chi connectivity index (χ1) is 6.34. The van der Waals surface area contributed by atoms with Crippen molar-refractivity contribution in [1.29, 1.82) is 0 Å². The molecule has 0 saturated carbocycles. The van der Waals surface area contributed by atoms with Crippen LogP contribution in [0.3, 0.4) is 0 Å². The van der Waals surface area contributed by atoms with E-state index in [0.29, 0.717) is 0 Å². The maximum Gasteiger partial charge on any atom is 1.00 e. The molecule has 0 radical (unpaired) electrons. The van der Waals surface area contributed by atoms with Gasteiger partial charge in [-0.1, -0.05) is 0 Å². The summed E-state index contributed by atoms with van der Waals surface area (Å²) in [6.07, 6.45) is 0. The van der Waals surface area contributed by atoms with Crippen LogP contribution >= 0.6 is 0 Å². The summed E-state index contributed by atoms with van der Waals surface area (Å²) in [5, 5.41) is 25.4. The number of hydrogen-bond acceptors (Lipinski definition) is 4. The van der Waals surface area contributed by atoms with Gasteiger partial charge in [-0.15, -0.1) is 0 Å². The molecule has 0 heterocycles. The van der Waals surface area contributed by atoms with Gasteiger partial charge in [0.2, 0.25) is 0 Å². The maximum absolute atomic E-state index is 10.5. The summed E-state index contributed by atoms with van der Waals surface area (Å²) in [5.41, 5.74) is 0. The van der Waals surface area contributed by atoms with Crippen LogP contribution in [0.2, 0.25) is 0 Å². The van der Waals surface area contributed by atoms with Gasteiger partial charge in [0.15, 0.2) is 0 Å². The van der Waals surface area contributed by atoms with Gasteiger partial charge < -0.3 is 15.3 Å². The number of carboxylic acid groups (broad SMARTS) is 3. The van der Waals surface area contributed by atoms with E-state index >= 15 is 0 Å². The molecular weight excluding hydrogens is 286 g/mol. The number of hydrogen-bond donors (Lipinski definition) is 3. The van der Waals surface area contributed by atoms with E-state index in [1.807, 2.05) is 0 Å². The first-order valence-electron chi connectivity index (χ1n) is 3.75. The van der Waals surface area contributed by atoms with Crippen molar-refractivity contribution in [2.75, 3.05) is 13.1 Å². The van der Waals surface area contributed by atoms with E-state index in [-0.39, 0.29) is 118 Å². The Balaban J connectivity index is -0.000000141. The number of carbonyl (C=O) groups is 3. The SMILES string of the molecule is C[C@@H](C(=O)O)N(CC(=O)O)CC(=O)O.[Na+].[Na+].[Na+].[Na+]. The van der Waals surface area contributed by atoms with Gasteiger partial charge in [0.25, 0.3) is 0 Å². The predicted molar refractivity (Wildman–Crippen MR) is 43.9 cm³/mol.